The fourth-order valence-corrected chi connectivity index (χ4v) is 3.46. The highest BCUT2D eigenvalue weighted by molar-refractivity contribution is 7.88. The molecule has 1 aliphatic rings. The predicted molar refractivity (Wildman–Crippen MR) is 68.7 cm³/mol. The summed E-state index contributed by atoms with van der Waals surface area (Å²) in [6, 6.07) is 4.17. The van der Waals surface area contributed by atoms with Gasteiger partial charge in [-0.2, -0.15) is 17.5 Å². The van der Waals surface area contributed by atoms with E-state index in [1.54, 1.807) is 0 Å². The van der Waals surface area contributed by atoms with Crippen LogP contribution in [0.25, 0.3) is 0 Å². The molecule has 1 heterocycles. The molecule has 0 saturated carbocycles. The average molecular weight is 322 g/mol. The summed E-state index contributed by atoms with van der Waals surface area (Å²) in [5.41, 5.74) is -0.859. The summed E-state index contributed by atoms with van der Waals surface area (Å²) in [4.78, 5) is 11.2. The van der Waals surface area contributed by atoms with Gasteiger partial charge in [0.15, 0.2) is 0 Å². The molecule has 5 nitrogen and oxygen atoms in total. The average Bonchev–Trinajstić information content (AvgIpc) is 2.37. The number of rotatable bonds is 3. The van der Waals surface area contributed by atoms with E-state index in [1.807, 2.05) is 0 Å². The Labute approximate surface area is 119 Å². The third kappa shape index (κ3) is 3.94. The molecule has 2 rings (SSSR count). The van der Waals surface area contributed by atoms with Crippen molar-refractivity contribution in [3.63, 3.8) is 0 Å². The van der Waals surface area contributed by atoms with Gasteiger partial charge in [-0.05, 0) is 11.6 Å². The molecule has 1 aromatic rings. The maximum atomic E-state index is 12.6. The summed E-state index contributed by atoms with van der Waals surface area (Å²) in [5.74, 6) is -0.988. The highest BCUT2D eigenvalue weighted by atomic mass is 32.2. The summed E-state index contributed by atoms with van der Waals surface area (Å²) in [5, 5.41) is 2.48. The van der Waals surface area contributed by atoms with Crippen LogP contribution in [-0.2, 0) is 26.7 Å². The van der Waals surface area contributed by atoms with Crippen LogP contribution in [0.15, 0.2) is 24.3 Å². The normalized spacial score (nSPS) is 17.6. The van der Waals surface area contributed by atoms with Crippen LogP contribution in [0.3, 0.4) is 0 Å². The van der Waals surface area contributed by atoms with E-state index in [0.29, 0.717) is 0 Å². The first-order valence-electron chi connectivity index (χ1n) is 6.09. The predicted octanol–water partition coefficient (Wildman–Crippen LogP) is 0.967. The van der Waals surface area contributed by atoms with Crippen LogP contribution in [-0.4, -0.2) is 38.3 Å². The van der Waals surface area contributed by atoms with Crippen molar-refractivity contribution in [3.8, 4) is 0 Å². The molecule has 1 N–H and O–H groups in total. The zero-order chi connectivity index (χ0) is 15.7. The van der Waals surface area contributed by atoms with Gasteiger partial charge in [-0.3, -0.25) is 4.79 Å². The number of hydrogen-bond acceptors (Lipinski definition) is 3. The highest BCUT2D eigenvalue weighted by Crippen LogP contribution is 2.30. The summed E-state index contributed by atoms with van der Waals surface area (Å²) in [6.45, 7) is 0.00891. The fraction of sp³-hybridized carbons (Fsp3) is 0.417. The smallest absolute Gasteiger partial charge is 0.354 e. The number of alkyl halides is 3. The second kappa shape index (κ2) is 5.64. The summed E-state index contributed by atoms with van der Waals surface area (Å²) < 4.78 is 63.0. The number of nitrogens with zero attached hydrogens (tertiary/aromatic N) is 1. The van der Waals surface area contributed by atoms with E-state index in [0.717, 1.165) is 22.5 Å². The molecule has 1 aliphatic heterocycles. The third-order valence-electron chi connectivity index (χ3n) is 3.00. The van der Waals surface area contributed by atoms with E-state index in [-0.39, 0.29) is 25.2 Å². The molecule has 0 radical (unpaired) electrons. The van der Waals surface area contributed by atoms with Crippen molar-refractivity contribution in [2.75, 3.05) is 19.6 Å². The SMILES string of the molecule is O=C1CN(S(=O)(=O)Cc2cccc(C(F)(F)F)c2)CCN1. The lowest BCUT2D eigenvalue weighted by atomic mass is 10.1. The molecule has 0 bridgehead atoms. The second-order valence-electron chi connectivity index (χ2n) is 4.64. The standard InChI is InChI=1S/C12H13F3N2O3S/c13-12(14,15)10-3-1-2-9(6-10)8-21(19,20)17-5-4-16-11(18)7-17/h1-3,6H,4-5,7-8H2,(H,16,18). The van der Waals surface area contributed by atoms with Crippen molar-refractivity contribution < 1.29 is 26.4 Å². The number of carbonyl (C=O) groups excluding carboxylic acids is 1. The molecule has 1 amide bonds. The Morgan fingerprint density at radius 2 is 2.00 bits per heavy atom. The zero-order valence-corrected chi connectivity index (χ0v) is 11.7. The Hall–Kier alpha value is -1.61. The Morgan fingerprint density at radius 3 is 2.62 bits per heavy atom. The van der Waals surface area contributed by atoms with Crippen LogP contribution in [0.5, 0.6) is 0 Å². The van der Waals surface area contributed by atoms with Crippen molar-refractivity contribution in [1.29, 1.82) is 0 Å². The first kappa shape index (κ1) is 15.8. The van der Waals surface area contributed by atoms with Crippen LogP contribution in [0.4, 0.5) is 13.2 Å². The summed E-state index contributed by atoms with van der Waals surface area (Å²) in [7, 11) is -3.83. The van der Waals surface area contributed by atoms with E-state index in [9.17, 15) is 26.4 Å². The van der Waals surface area contributed by atoms with Gasteiger partial charge in [-0.15, -0.1) is 0 Å². The van der Waals surface area contributed by atoms with E-state index >= 15 is 0 Å². The summed E-state index contributed by atoms with van der Waals surface area (Å²) in [6.07, 6.45) is -4.52. The second-order valence-corrected chi connectivity index (χ2v) is 6.61. The minimum atomic E-state index is -4.52. The fourth-order valence-electron chi connectivity index (χ4n) is 1.99. The topological polar surface area (TPSA) is 66.5 Å². The Bertz CT molecular complexity index is 643. The zero-order valence-electron chi connectivity index (χ0n) is 10.9. The lowest BCUT2D eigenvalue weighted by Gasteiger charge is -2.26. The first-order chi connectivity index (χ1) is 9.68. The van der Waals surface area contributed by atoms with Gasteiger partial charge in [0.2, 0.25) is 15.9 Å². The Morgan fingerprint density at radius 1 is 1.29 bits per heavy atom. The van der Waals surface area contributed by atoms with Crippen molar-refractivity contribution in [2.24, 2.45) is 0 Å². The molecular formula is C12H13F3N2O3S. The first-order valence-corrected chi connectivity index (χ1v) is 7.70. The van der Waals surface area contributed by atoms with Crippen LogP contribution < -0.4 is 5.32 Å². The number of nitrogens with one attached hydrogen (secondary N) is 1. The number of hydrogen-bond donors (Lipinski definition) is 1. The van der Waals surface area contributed by atoms with Crippen LogP contribution in [0.1, 0.15) is 11.1 Å². The number of piperazine rings is 1. The van der Waals surface area contributed by atoms with Crippen molar-refractivity contribution in [3.05, 3.63) is 35.4 Å². The number of benzene rings is 1. The molecule has 0 atom stereocenters. The van der Waals surface area contributed by atoms with Gasteiger partial charge >= 0.3 is 6.18 Å². The van der Waals surface area contributed by atoms with E-state index in [1.165, 1.54) is 6.07 Å². The van der Waals surface area contributed by atoms with Gasteiger partial charge in [-0.1, -0.05) is 18.2 Å². The van der Waals surface area contributed by atoms with Crippen molar-refractivity contribution in [1.82, 2.24) is 9.62 Å². The number of carbonyl (C=O) groups is 1. The molecule has 1 saturated heterocycles. The van der Waals surface area contributed by atoms with Crippen molar-refractivity contribution >= 4 is 15.9 Å². The minimum absolute atomic E-state index is 0.0378. The summed E-state index contributed by atoms with van der Waals surface area (Å²) >= 11 is 0. The van der Waals surface area contributed by atoms with Crippen LogP contribution in [0.2, 0.25) is 0 Å². The molecule has 116 valence electrons. The molecule has 0 aromatic heterocycles. The number of halogens is 3. The van der Waals surface area contributed by atoms with E-state index < -0.39 is 33.4 Å². The number of sulfonamides is 1. The maximum absolute atomic E-state index is 12.6. The molecule has 9 heteroatoms. The maximum Gasteiger partial charge on any atom is 0.416 e. The molecule has 0 spiro atoms. The highest BCUT2D eigenvalue weighted by Gasteiger charge is 2.32. The molecule has 0 aliphatic carbocycles. The molecule has 1 aromatic carbocycles. The van der Waals surface area contributed by atoms with Crippen molar-refractivity contribution in [2.45, 2.75) is 11.9 Å². The van der Waals surface area contributed by atoms with Gasteiger partial charge < -0.3 is 5.32 Å². The molecule has 21 heavy (non-hydrogen) atoms. The van der Waals surface area contributed by atoms with Gasteiger partial charge in [0.25, 0.3) is 0 Å². The van der Waals surface area contributed by atoms with Gasteiger partial charge in [0.1, 0.15) is 0 Å². The van der Waals surface area contributed by atoms with Gasteiger partial charge in [-0.25, -0.2) is 8.42 Å². The monoisotopic (exact) mass is 322 g/mol. The molecule has 0 unspecified atom stereocenters. The largest absolute Gasteiger partial charge is 0.416 e. The minimum Gasteiger partial charge on any atom is -0.354 e. The van der Waals surface area contributed by atoms with Crippen LogP contribution in [0, 0.1) is 0 Å². The Kier molecular flexibility index (Phi) is 4.24. The third-order valence-corrected chi connectivity index (χ3v) is 4.80. The lowest BCUT2D eigenvalue weighted by molar-refractivity contribution is -0.137. The van der Waals surface area contributed by atoms with Crippen LogP contribution >= 0.6 is 0 Å². The van der Waals surface area contributed by atoms with Gasteiger partial charge in [0, 0.05) is 13.1 Å². The number of amides is 1. The Balaban J connectivity index is 2.19. The van der Waals surface area contributed by atoms with Gasteiger partial charge in [0.05, 0.1) is 17.9 Å². The van der Waals surface area contributed by atoms with E-state index in [2.05, 4.69) is 5.32 Å². The molecule has 1 fully saturated rings. The molecular weight excluding hydrogens is 309 g/mol. The lowest BCUT2D eigenvalue weighted by Crippen LogP contribution is -2.50. The van der Waals surface area contributed by atoms with E-state index in [4.69, 9.17) is 0 Å². The quantitative estimate of drug-likeness (QED) is 0.902.